The van der Waals surface area contributed by atoms with E-state index < -0.39 is 24.5 Å². The van der Waals surface area contributed by atoms with E-state index in [4.69, 9.17) is 18.9 Å². The molecule has 0 bridgehead atoms. The van der Waals surface area contributed by atoms with Gasteiger partial charge < -0.3 is 24.3 Å². The largest absolute Gasteiger partial charge is 0.483 e. The molecule has 2 heterocycles. The van der Waals surface area contributed by atoms with Gasteiger partial charge in [-0.3, -0.25) is 4.79 Å². The van der Waals surface area contributed by atoms with Gasteiger partial charge in [0, 0.05) is 16.9 Å². The molecule has 31 heavy (non-hydrogen) atoms. The molecule has 1 N–H and O–H groups in total. The van der Waals surface area contributed by atoms with Gasteiger partial charge in [-0.25, -0.2) is 9.59 Å². The predicted octanol–water partition coefficient (Wildman–Crippen LogP) is 3.43. The first-order valence-corrected chi connectivity index (χ1v) is 10.5. The smallest absolute Gasteiger partial charge is 0.344 e. The minimum atomic E-state index is -0.697. The van der Waals surface area contributed by atoms with Crippen LogP contribution >= 0.6 is 11.3 Å². The fraction of sp³-hybridized carbons (Fsp3) is 0.409. The third-order valence-electron chi connectivity index (χ3n) is 4.79. The fourth-order valence-electron chi connectivity index (χ4n) is 3.25. The monoisotopic (exact) mass is 447 g/mol. The van der Waals surface area contributed by atoms with Crippen molar-refractivity contribution in [2.75, 3.05) is 25.6 Å². The van der Waals surface area contributed by atoms with Crippen LogP contribution in [0.15, 0.2) is 18.2 Å². The Morgan fingerprint density at radius 2 is 1.94 bits per heavy atom. The van der Waals surface area contributed by atoms with Gasteiger partial charge >= 0.3 is 11.9 Å². The van der Waals surface area contributed by atoms with Crippen LogP contribution in [0.1, 0.15) is 40.2 Å². The van der Waals surface area contributed by atoms with Gasteiger partial charge in [-0.15, -0.1) is 11.3 Å². The van der Waals surface area contributed by atoms with E-state index in [2.05, 4.69) is 5.32 Å². The molecule has 0 saturated carbocycles. The quantitative estimate of drug-likeness (QED) is 0.649. The summed E-state index contributed by atoms with van der Waals surface area (Å²) in [6.45, 7) is 6.70. The van der Waals surface area contributed by atoms with Crippen LogP contribution in [-0.2, 0) is 25.5 Å². The average Bonchev–Trinajstić information content (AvgIpc) is 3.18. The average molecular weight is 448 g/mol. The molecule has 0 saturated heterocycles. The number of thiophene rings is 1. The molecule has 1 aliphatic rings. The zero-order chi connectivity index (χ0) is 22.8. The third-order valence-corrected chi connectivity index (χ3v) is 5.92. The summed E-state index contributed by atoms with van der Waals surface area (Å²) >= 11 is 1.25. The van der Waals surface area contributed by atoms with E-state index in [0.29, 0.717) is 22.1 Å². The Labute approximate surface area is 184 Å². The van der Waals surface area contributed by atoms with Crippen molar-refractivity contribution in [3.05, 3.63) is 39.8 Å². The van der Waals surface area contributed by atoms with Crippen molar-refractivity contribution < 1.29 is 33.3 Å². The highest BCUT2D eigenvalue weighted by Gasteiger charge is 2.32. The third kappa shape index (κ3) is 5.16. The highest BCUT2D eigenvalue weighted by atomic mass is 32.1. The Morgan fingerprint density at radius 1 is 1.19 bits per heavy atom. The van der Waals surface area contributed by atoms with E-state index >= 15 is 0 Å². The fourth-order valence-corrected chi connectivity index (χ4v) is 4.32. The van der Waals surface area contributed by atoms with E-state index in [1.165, 1.54) is 18.4 Å². The number of fused-ring (bicyclic) bond motifs is 1. The minimum absolute atomic E-state index is 0.300. The maximum Gasteiger partial charge on any atom is 0.344 e. The number of nitrogens with one attached hydrogen (secondary N) is 1. The lowest BCUT2D eigenvalue weighted by atomic mass is 10.0. The number of benzene rings is 1. The lowest BCUT2D eigenvalue weighted by Gasteiger charge is -2.18. The van der Waals surface area contributed by atoms with Crippen molar-refractivity contribution in [1.82, 2.24) is 0 Å². The molecule has 1 aromatic carbocycles. The van der Waals surface area contributed by atoms with E-state index in [1.54, 1.807) is 13.0 Å². The molecule has 0 unspecified atom stereocenters. The molecule has 0 fully saturated rings. The van der Waals surface area contributed by atoms with Crippen molar-refractivity contribution in [2.45, 2.75) is 39.7 Å². The summed E-state index contributed by atoms with van der Waals surface area (Å²) < 4.78 is 21.2. The van der Waals surface area contributed by atoms with Crippen molar-refractivity contribution in [3.8, 4) is 11.5 Å². The molecule has 8 nitrogen and oxygen atoms in total. The van der Waals surface area contributed by atoms with Crippen LogP contribution in [-0.4, -0.2) is 43.8 Å². The van der Waals surface area contributed by atoms with Gasteiger partial charge in [0.1, 0.15) is 10.6 Å². The molecule has 0 spiro atoms. The Morgan fingerprint density at radius 3 is 2.65 bits per heavy atom. The predicted molar refractivity (Wildman–Crippen MR) is 115 cm³/mol. The van der Waals surface area contributed by atoms with Crippen LogP contribution in [0.3, 0.4) is 0 Å². The number of aryl methyl sites for hydroxylation is 1. The van der Waals surface area contributed by atoms with Gasteiger partial charge in [0.25, 0.3) is 5.91 Å². The lowest BCUT2D eigenvalue weighted by molar-refractivity contribution is -0.149. The summed E-state index contributed by atoms with van der Waals surface area (Å²) in [5.74, 6) is -0.723. The number of esters is 2. The summed E-state index contributed by atoms with van der Waals surface area (Å²) in [5.41, 5.74) is 1.72. The first-order chi connectivity index (χ1) is 14.6. The maximum atomic E-state index is 12.2. The molecule has 1 aromatic heterocycles. The summed E-state index contributed by atoms with van der Waals surface area (Å²) in [5, 5.41) is 2.96. The number of amides is 1. The number of methoxy groups -OCH3 is 1. The van der Waals surface area contributed by atoms with Gasteiger partial charge in [-0.05, 0) is 39.3 Å². The molecule has 3 rings (SSSR count). The standard InChI is InChI=1S/C22H25NO7S/c1-12-13(2)31-20(18(12)21(26)27-5)23-16(24)10-29-17(25)11-28-15-8-6-7-14-9-22(3,4)30-19(14)15/h6-8H,9-11H2,1-5H3,(H,23,24). The summed E-state index contributed by atoms with van der Waals surface area (Å²) in [4.78, 5) is 37.1. The van der Waals surface area contributed by atoms with Gasteiger partial charge in [-0.1, -0.05) is 12.1 Å². The van der Waals surface area contributed by atoms with E-state index in [-0.39, 0.29) is 12.2 Å². The topological polar surface area (TPSA) is 100 Å². The van der Waals surface area contributed by atoms with Crippen molar-refractivity contribution >= 4 is 34.2 Å². The molecule has 0 aliphatic carbocycles. The Balaban J connectivity index is 1.53. The maximum absolute atomic E-state index is 12.2. The van der Waals surface area contributed by atoms with Crippen LogP contribution in [0.4, 0.5) is 5.00 Å². The Kier molecular flexibility index (Phi) is 6.54. The molecule has 0 atom stereocenters. The number of ether oxygens (including phenoxy) is 4. The van der Waals surface area contributed by atoms with Gasteiger partial charge in [-0.2, -0.15) is 0 Å². The summed E-state index contributed by atoms with van der Waals surface area (Å²) in [6.07, 6.45) is 0.749. The highest BCUT2D eigenvalue weighted by Crippen LogP contribution is 2.41. The van der Waals surface area contributed by atoms with E-state index in [1.807, 2.05) is 32.9 Å². The first-order valence-electron chi connectivity index (χ1n) is 9.69. The highest BCUT2D eigenvalue weighted by molar-refractivity contribution is 7.16. The normalized spacial score (nSPS) is 13.7. The lowest BCUT2D eigenvalue weighted by Crippen LogP contribution is -2.25. The minimum Gasteiger partial charge on any atom is -0.483 e. The van der Waals surface area contributed by atoms with E-state index in [0.717, 1.165) is 22.4 Å². The molecular weight excluding hydrogens is 422 g/mol. The van der Waals surface area contributed by atoms with Gasteiger partial charge in [0.05, 0.1) is 12.7 Å². The number of carbonyl (C=O) groups excluding carboxylic acids is 3. The number of carbonyl (C=O) groups is 3. The second-order valence-electron chi connectivity index (χ2n) is 7.76. The van der Waals surface area contributed by atoms with Crippen molar-refractivity contribution in [1.29, 1.82) is 0 Å². The van der Waals surface area contributed by atoms with Crippen molar-refractivity contribution in [2.24, 2.45) is 0 Å². The van der Waals surface area contributed by atoms with Crippen LogP contribution in [0.2, 0.25) is 0 Å². The van der Waals surface area contributed by atoms with E-state index in [9.17, 15) is 14.4 Å². The zero-order valence-electron chi connectivity index (χ0n) is 18.1. The molecule has 9 heteroatoms. The second kappa shape index (κ2) is 8.97. The molecule has 1 aliphatic heterocycles. The van der Waals surface area contributed by atoms with Crippen LogP contribution in [0.25, 0.3) is 0 Å². The van der Waals surface area contributed by atoms with Gasteiger partial charge in [0.2, 0.25) is 0 Å². The number of hydrogen-bond acceptors (Lipinski definition) is 8. The molecule has 1 amide bonds. The first kappa shape index (κ1) is 22.6. The Bertz CT molecular complexity index is 1030. The zero-order valence-corrected chi connectivity index (χ0v) is 18.9. The number of anilines is 1. The van der Waals surface area contributed by atoms with Crippen LogP contribution in [0.5, 0.6) is 11.5 Å². The molecule has 166 valence electrons. The summed E-state index contributed by atoms with van der Waals surface area (Å²) in [6, 6.07) is 5.51. The number of para-hydroxylation sites is 1. The summed E-state index contributed by atoms with van der Waals surface area (Å²) in [7, 11) is 1.27. The number of rotatable bonds is 7. The van der Waals surface area contributed by atoms with Crippen LogP contribution in [0, 0.1) is 13.8 Å². The molecular formula is C22H25NO7S. The van der Waals surface area contributed by atoms with Gasteiger partial charge in [0.15, 0.2) is 24.7 Å². The second-order valence-corrected chi connectivity index (χ2v) is 8.98. The number of hydrogen-bond donors (Lipinski definition) is 1. The molecule has 2 aromatic rings. The van der Waals surface area contributed by atoms with Crippen molar-refractivity contribution in [3.63, 3.8) is 0 Å². The Hall–Kier alpha value is -3.07. The van der Waals surface area contributed by atoms with Crippen LogP contribution < -0.4 is 14.8 Å². The molecule has 0 radical (unpaired) electrons. The SMILES string of the molecule is COC(=O)c1c(NC(=O)COC(=O)COc2cccc3c2OC(C)(C)C3)sc(C)c1C.